The molecule has 0 radical (unpaired) electrons. The van der Waals surface area contributed by atoms with Crippen LogP contribution in [0.3, 0.4) is 0 Å². The van der Waals surface area contributed by atoms with Crippen LogP contribution < -0.4 is 10.7 Å². The van der Waals surface area contributed by atoms with Gasteiger partial charge in [-0.15, -0.1) is 0 Å². The van der Waals surface area contributed by atoms with Crippen molar-refractivity contribution in [3.05, 3.63) is 63.3 Å². The highest BCUT2D eigenvalue weighted by Crippen LogP contribution is 2.30. The van der Waals surface area contributed by atoms with Gasteiger partial charge in [0, 0.05) is 11.4 Å². The highest BCUT2D eigenvalue weighted by Gasteiger charge is 2.18. The maximum Gasteiger partial charge on any atom is 0.226 e. The van der Waals surface area contributed by atoms with Crippen LogP contribution in [0.5, 0.6) is 0 Å². The third-order valence-electron chi connectivity index (χ3n) is 3.98. The van der Waals surface area contributed by atoms with Gasteiger partial charge < -0.3 is 4.42 Å². The highest BCUT2D eigenvalue weighted by atomic mass is 35.5. The number of anilines is 1. The highest BCUT2D eigenvalue weighted by molar-refractivity contribution is 6.30. The van der Waals surface area contributed by atoms with E-state index < -0.39 is 0 Å². The minimum absolute atomic E-state index is 0.174. The average molecular weight is 356 g/mol. The van der Waals surface area contributed by atoms with Crippen LogP contribution in [0, 0.1) is 6.92 Å². The quantitative estimate of drug-likeness (QED) is 0.703. The number of fused-ring (bicyclic) bond motifs is 1. The lowest BCUT2D eigenvalue weighted by atomic mass is 10.0. The Kier molecular flexibility index (Phi) is 4.91. The Balaban J connectivity index is 2.27. The van der Waals surface area contributed by atoms with Crippen LogP contribution in [0.25, 0.3) is 22.1 Å². The Bertz CT molecular complexity index is 990. The summed E-state index contributed by atoms with van der Waals surface area (Å²) in [5, 5.41) is 3.80. The molecule has 0 spiro atoms. The van der Waals surface area contributed by atoms with Gasteiger partial charge in [0.2, 0.25) is 17.2 Å². The summed E-state index contributed by atoms with van der Waals surface area (Å²) in [6, 6.07) is 12.3. The molecule has 0 bridgehead atoms. The first kappa shape index (κ1) is 17.2. The van der Waals surface area contributed by atoms with Crippen molar-refractivity contribution in [1.82, 2.24) is 0 Å². The van der Waals surface area contributed by atoms with Crippen molar-refractivity contribution in [1.29, 1.82) is 0 Å². The molecule has 0 atom stereocenters. The Morgan fingerprint density at radius 3 is 2.56 bits per heavy atom. The number of amides is 1. The van der Waals surface area contributed by atoms with Crippen LogP contribution in [0.1, 0.15) is 25.3 Å². The van der Waals surface area contributed by atoms with Gasteiger partial charge in [-0.25, -0.2) is 0 Å². The molecule has 3 rings (SSSR count). The van der Waals surface area contributed by atoms with Crippen LogP contribution in [0.2, 0.25) is 5.02 Å². The first-order valence-corrected chi connectivity index (χ1v) is 8.51. The molecule has 5 heteroatoms. The van der Waals surface area contributed by atoms with E-state index in [1.165, 1.54) is 0 Å². The summed E-state index contributed by atoms with van der Waals surface area (Å²) < 4.78 is 5.94. The van der Waals surface area contributed by atoms with E-state index in [2.05, 4.69) is 5.32 Å². The molecule has 25 heavy (non-hydrogen) atoms. The zero-order valence-corrected chi connectivity index (χ0v) is 14.8. The fraction of sp³-hybridized carbons (Fsp3) is 0.200. The van der Waals surface area contributed by atoms with Crippen molar-refractivity contribution in [3.8, 4) is 11.1 Å². The summed E-state index contributed by atoms with van der Waals surface area (Å²) in [6.45, 7) is 3.78. The second-order valence-electron chi connectivity index (χ2n) is 5.89. The SMILES string of the molecule is CCCC(=O)Nc1oc2c(C)cccc2c(=O)c1-c1ccc(Cl)cc1. The van der Waals surface area contributed by atoms with Crippen molar-refractivity contribution in [2.24, 2.45) is 0 Å². The molecule has 1 amide bonds. The molecule has 1 N–H and O–H groups in total. The van der Waals surface area contributed by atoms with E-state index in [0.717, 1.165) is 5.56 Å². The van der Waals surface area contributed by atoms with Gasteiger partial charge in [-0.1, -0.05) is 42.8 Å². The minimum Gasteiger partial charge on any atom is -0.439 e. The predicted octanol–water partition coefficient (Wildman–Crippen LogP) is 5.16. The summed E-state index contributed by atoms with van der Waals surface area (Å²) in [5.41, 5.74) is 2.12. The molecular formula is C20H18ClNO3. The van der Waals surface area contributed by atoms with E-state index in [1.54, 1.807) is 30.3 Å². The molecule has 2 aromatic carbocycles. The summed E-state index contributed by atoms with van der Waals surface area (Å²) >= 11 is 5.95. The van der Waals surface area contributed by atoms with E-state index in [0.29, 0.717) is 40.0 Å². The topological polar surface area (TPSA) is 59.3 Å². The molecule has 0 saturated carbocycles. The van der Waals surface area contributed by atoms with Crippen molar-refractivity contribution < 1.29 is 9.21 Å². The van der Waals surface area contributed by atoms with Gasteiger partial charge in [-0.3, -0.25) is 14.9 Å². The first-order valence-electron chi connectivity index (χ1n) is 8.13. The molecular weight excluding hydrogens is 338 g/mol. The second-order valence-corrected chi connectivity index (χ2v) is 6.33. The predicted molar refractivity (Wildman–Crippen MR) is 101 cm³/mol. The Morgan fingerprint density at radius 2 is 1.88 bits per heavy atom. The van der Waals surface area contributed by atoms with Crippen LogP contribution >= 0.6 is 11.6 Å². The minimum atomic E-state index is -0.186. The van der Waals surface area contributed by atoms with E-state index in [-0.39, 0.29) is 17.2 Å². The Labute approximate surface area is 150 Å². The van der Waals surface area contributed by atoms with Crippen LogP contribution in [0.4, 0.5) is 5.88 Å². The first-order chi connectivity index (χ1) is 12.0. The standard InChI is InChI=1S/C20H18ClNO3/c1-3-5-16(23)22-20-17(13-8-10-14(21)11-9-13)18(24)15-7-4-6-12(2)19(15)25-20/h4,6-11H,3,5H2,1-2H3,(H,22,23). The van der Waals surface area contributed by atoms with E-state index in [1.807, 2.05) is 26.0 Å². The lowest BCUT2D eigenvalue weighted by molar-refractivity contribution is -0.116. The monoisotopic (exact) mass is 355 g/mol. The number of rotatable bonds is 4. The fourth-order valence-electron chi connectivity index (χ4n) is 2.74. The zero-order valence-electron chi connectivity index (χ0n) is 14.1. The molecule has 1 heterocycles. The van der Waals surface area contributed by atoms with Crippen LogP contribution in [-0.2, 0) is 4.79 Å². The zero-order chi connectivity index (χ0) is 18.0. The third-order valence-corrected chi connectivity index (χ3v) is 4.23. The number of carbonyl (C=O) groups excluding carboxylic acids is 1. The van der Waals surface area contributed by atoms with Crippen molar-refractivity contribution in [2.75, 3.05) is 5.32 Å². The molecule has 0 aliphatic carbocycles. The normalized spacial score (nSPS) is 10.8. The molecule has 1 aromatic heterocycles. The van der Waals surface area contributed by atoms with Gasteiger partial charge in [0.1, 0.15) is 5.58 Å². The maximum atomic E-state index is 13.1. The van der Waals surface area contributed by atoms with E-state index >= 15 is 0 Å². The molecule has 0 saturated heterocycles. The number of halogens is 1. The smallest absolute Gasteiger partial charge is 0.226 e. The van der Waals surface area contributed by atoms with Gasteiger partial charge in [0.05, 0.1) is 10.9 Å². The van der Waals surface area contributed by atoms with Crippen molar-refractivity contribution >= 4 is 34.4 Å². The number of para-hydroxylation sites is 1. The maximum absolute atomic E-state index is 13.1. The molecule has 0 aliphatic heterocycles. The van der Waals surface area contributed by atoms with Crippen LogP contribution in [0.15, 0.2) is 51.7 Å². The lowest BCUT2D eigenvalue weighted by Gasteiger charge is -2.12. The van der Waals surface area contributed by atoms with E-state index in [4.69, 9.17) is 16.0 Å². The molecule has 0 fully saturated rings. The molecule has 128 valence electrons. The lowest BCUT2D eigenvalue weighted by Crippen LogP contribution is -2.16. The summed E-state index contributed by atoms with van der Waals surface area (Å²) in [5.74, 6) is -0.0126. The van der Waals surface area contributed by atoms with Gasteiger partial charge >= 0.3 is 0 Å². The third kappa shape index (κ3) is 3.44. The largest absolute Gasteiger partial charge is 0.439 e. The van der Waals surface area contributed by atoms with Crippen molar-refractivity contribution in [3.63, 3.8) is 0 Å². The van der Waals surface area contributed by atoms with Gasteiger partial charge in [-0.2, -0.15) is 0 Å². The van der Waals surface area contributed by atoms with Crippen LogP contribution in [-0.4, -0.2) is 5.91 Å². The average Bonchev–Trinajstić information content (AvgIpc) is 2.58. The Hall–Kier alpha value is -2.59. The summed E-state index contributed by atoms with van der Waals surface area (Å²) in [4.78, 5) is 25.2. The number of hydrogen-bond donors (Lipinski definition) is 1. The molecule has 0 aliphatic rings. The second kappa shape index (κ2) is 7.11. The summed E-state index contributed by atoms with van der Waals surface area (Å²) in [6.07, 6.45) is 1.06. The number of hydrogen-bond acceptors (Lipinski definition) is 3. The number of aryl methyl sites for hydroxylation is 1. The van der Waals surface area contributed by atoms with Gasteiger partial charge in [-0.05, 0) is 42.7 Å². The molecule has 0 unspecified atom stereocenters. The van der Waals surface area contributed by atoms with Gasteiger partial charge in [0.25, 0.3) is 0 Å². The van der Waals surface area contributed by atoms with E-state index in [9.17, 15) is 9.59 Å². The van der Waals surface area contributed by atoms with Crippen molar-refractivity contribution in [2.45, 2.75) is 26.7 Å². The molecule has 4 nitrogen and oxygen atoms in total. The fourth-order valence-corrected chi connectivity index (χ4v) is 2.87. The number of benzene rings is 2. The number of nitrogens with one attached hydrogen (secondary N) is 1. The van der Waals surface area contributed by atoms with Gasteiger partial charge in [0.15, 0.2) is 0 Å². The Morgan fingerprint density at radius 1 is 1.16 bits per heavy atom. The molecule has 3 aromatic rings. The number of carbonyl (C=O) groups is 1. The summed E-state index contributed by atoms with van der Waals surface area (Å²) in [7, 11) is 0.